The molecule has 0 bridgehead atoms. The zero-order valence-electron chi connectivity index (χ0n) is 17.7. The highest BCUT2D eigenvalue weighted by molar-refractivity contribution is 6.31. The Balaban J connectivity index is 1.66. The first-order chi connectivity index (χ1) is 16.4. The topological polar surface area (TPSA) is 92.9 Å². The maximum absolute atomic E-state index is 14.0. The number of halogens is 2. The van der Waals surface area contributed by atoms with Crippen LogP contribution >= 0.6 is 11.6 Å². The van der Waals surface area contributed by atoms with Gasteiger partial charge in [-0.05, 0) is 42.5 Å². The van der Waals surface area contributed by atoms with Crippen LogP contribution in [-0.4, -0.2) is 28.9 Å². The van der Waals surface area contributed by atoms with Gasteiger partial charge in [0.1, 0.15) is 11.9 Å². The van der Waals surface area contributed by atoms with Crippen molar-refractivity contribution in [2.24, 2.45) is 0 Å². The Kier molecular flexibility index (Phi) is 5.30. The van der Waals surface area contributed by atoms with Crippen molar-refractivity contribution in [3.63, 3.8) is 0 Å². The number of hydrogen-bond acceptors (Lipinski definition) is 6. The van der Waals surface area contributed by atoms with Gasteiger partial charge < -0.3 is 14.3 Å². The number of carbonyl (C=O) groups is 2. The molecule has 1 N–H and O–H groups in total. The van der Waals surface area contributed by atoms with Gasteiger partial charge in [-0.25, -0.2) is 4.39 Å². The third-order valence-corrected chi connectivity index (χ3v) is 5.72. The van der Waals surface area contributed by atoms with E-state index in [2.05, 4.69) is 4.98 Å². The molecule has 9 heteroatoms. The van der Waals surface area contributed by atoms with Crippen LogP contribution in [0.15, 0.2) is 82.6 Å². The molecule has 0 saturated carbocycles. The lowest BCUT2D eigenvalue weighted by Crippen LogP contribution is -2.31. The lowest BCUT2D eigenvalue weighted by atomic mass is 9.98. The van der Waals surface area contributed by atoms with Crippen molar-refractivity contribution in [3.8, 4) is 5.75 Å². The fourth-order valence-electron chi connectivity index (χ4n) is 4.03. The van der Waals surface area contributed by atoms with E-state index in [1.165, 1.54) is 37.6 Å². The van der Waals surface area contributed by atoms with E-state index in [0.29, 0.717) is 21.9 Å². The molecular weight excluding hydrogens is 463 g/mol. The van der Waals surface area contributed by atoms with Crippen molar-refractivity contribution in [2.75, 3.05) is 12.0 Å². The van der Waals surface area contributed by atoms with E-state index in [9.17, 15) is 19.1 Å². The SMILES string of the molecule is COc1cc(Cl)cc2cc(C(=O)C3=C(O)C(=O)N(c4cccc(F)c4)C3c3ccccn3)oc12. The maximum atomic E-state index is 14.0. The Morgan fingerprint density at radius 1 is 1.18 bits per heavy atom. The van der Waals surface area contributed by atoms with E-state index >= 15 is 0 Å². The van der Waals surface area contributed by atoms with Gasteiger partial charge in [-0.2, -0.15) is 0 Å². The van der Waals surface area contributed by atoms with E-state index in [1.54, 1.807) is 30.3 Å². The van der Waals surface area contributed by atoms with Gasteiger partial charge >= 0.3 is 0 Å². The molecule has 0 fully saturated rings. The first-order valence-corrected chi connectivity index (χ1v) is 10.5. The molecule has 2 aromatic carbocycles. The van der Waals surface area contributed by atoms with Crippen LogP contribution in [0, 0.1) is 5.82 Å². The molecule has 0 aliphatic carbocycles. The first kappa shape index (κ1) is 21.7. The molecule has 0 saturated heterocycles. The lowest BCUT2D eigenvalue weighted by molar-refractivity contribution is -0.117. The summed E-state index contributed by atoms with van der Waals surface area (Å²) in [7, 11) is 1.44. The second kappa shape index (κ2) is 8.31. The predicted octanol–water partition coefficient (Wildman–Crippen LogP) is 5.41. The number of nitrogens with zero attached hydrogens (tertiary/aromatic N) is 2. The molecule has 1 aliphatic rings. The highest BCUT2D eigenvalue weighted by Gasteiger charge is 2.46. The summed E-state index contributed by atoms with van der Waals surface area (Å²) in [5.74, 6) is -2.74. The van der Waals surface area contributed by atoms with Gasteiger partial charge in [0.05, 0.1) is 18.4 Å². The van der Waals surface area contributed by atoms with Gasteiger partial charge in [0.15, 0.2) is 22.9 Å². The second-order valence-corrected chi connectivity index (χ2v) is 7.98. The maximum Gasteiger partial charge on any atom is 0.294 e. The average Bonchev–Trinajstić information content (AvgIpc) is 3.37. The van der Waals surface area contributed by atoms with Crippen molar-refractivity contribution in [1.29, 1.82) is 0 Å². The summed E-state index contributed by atoms with van der Waals surface area (Å²) < 4.78 is 25.0. The molecule has 4 aromatic rings. The highest BCUT2D eigenvalue weighted by Crippen LogP contribution is 2.42. The minimum absolute atomic E-state index is 0.132. The molecule has 3 heterocycles. The number of ether oxygens (including phenoxy) is 1. The van der Waals surface area contributed by atoms with Crippen molar-refractivity contribution in [1.82, 2.24) is 4.98 Å². The van der Waals surface area contributed by atoms with Crippen LogP contribution in [0.25, 0.3) is 11.0 Å². The predicted molar refractivity (Wildman–Crippen MR) is 123 cm³/mol. The first-order valence-electron chi connectivity index (χ1n) is 10.1. The number of aliphatic hydroxyl groups is 1. The number of rotatable bonds is 5. The van der Waals surface area contributed by atoms with Crippen LogP contribution in [0.5, 0.6) is 5.75 Å². The number of carbonyl (C=O) groups excluding carboxylic acids is 2. The van der Waals surface area contributed by atoms with Crippen molar-refractivity contribution >= 4 is 39.9 Å². The van der Waals surface area contributed by atoms with Crippen LogP contribution in [-0.2, 0) is 4.79 Å². The standard InChI is InChI=1S/C25H16ClFN2O5/c1-33-19-11-14(26)9-13-10-18(34-24(13)19)22(30)20-21(17-7-2-3-8-28-17)29(25(32)23(20)31)16-6-4-5-15(27)12-16/h2-12,21,31H,1H3. The number of hydrogen-bond donors (Lipinski definition) is 1. The summed E-state index contributed by atoms with van der Waals surface area (Å²) in [4.78, 5) is 32.1. The minimum Gasteiger partial charge on any atom is -0.503 e. The summed E-state index contributed by atoms with van der Waals surface area (Å²) in [6, 6.07) is 13.8. The molecule has 1 atom stereocenters. The molecule has 0 radical (unpaired) electrons. The Bertz CT molecular complexity index is 1480. The van der Waals surface area contributed by atoms with E-state index < -0.39 is 29.3 Å². The summed E-state index contributed by atoms with van der Waals surface area (Å²) in [6.45, 7) is 0. The molecule has 7 nitrogen and oxygen atoms in total. The van der Waals surface area contributed by atoms with Crippen molar-refractivity contribution in [2.45, 2.75) is 6.04 Å². The molecule has 34 heavy (non-hydrogen) atoms. The fraction of sp³-hybridized carbons (Fsp3) is 0.0800. The van der Waals surface area contributed by atoms with Crippen LogP contribution in [0.1, 0.15) is 22.3 Å². The number of methoxy groups -OCH3 is 1. The van der Waals surface area contributed by atoms with Gasteiger partial charge in [0.2, 0.25) is 5.78 Å². The second-order valence-electron chi connectivity index (χ2n) is 7.54. The van der Waals surface area contributed by atoms with Crippen molar-refractivity contribution in [3.05, 3.63) is 100 Å². The largest absolute Gasteiger partial charge is 0.503 e. The molecule has 2 aromatic heterocycles. The number of aromatic nitrogens is 1. The number of amides is 1. The Hall–Kier alpha value is -4.17. The van der Waals surface area contributed by atoms with E-state index in [-0.39, 0.29) is 22.6 Å². The number of ketones is 1. The third kappa shape index (κ3) is 3.48. The molecule has 0 spiro atoms. The van der Waals surface area contributed by atoms with E-state index in [0.717, 1.165) is 11.0 Å². The number of benzene rings is 2. The zero-order chi connectivity index (χ0) is 24.0. The number of pyridine rings is 1. The summed E-state index contributed by atoms with van der Waals surface area (Å²) >= 11 is 6.12. The number of anilines is 1. The summed E-state index contributed by atoms with van der Waals surface area (Å²) in [6.07, 6.45) is 1.50. The van der Waals surface area contributed by atoms with E-state index in [1.807, 2.05) is 0 Å². The van der Waals surface area contributed by atoms with Gasteiger partial charge in [-0.1, -0.05) is 23.7 Å². The number of furan rings is 1. The average molecular weight is 479 g/mol. The van der Waals surface area contributed by atoms with Crippen LogP contribution < -0.4 is 9.64 Å². The fourth-order valence-corrected chi connectivity index (χ4v) is 4.25. The number of aliphatic hydroxyl groups excluding tert-OH is 1. The highest BCUT2D eigenvalue weighted by atomic mass is 35.5. The van der Waals surface area contributed by atoms with Crippen molar-refractivity contribution < 1.29 is 28.2 Å². The molecule has 5 rings (SSSR count). The monoisotopic (exact) mass is 478 g/mol. The molecular formula is C25H16ClFN2O5. The lowest BCUT2D eigenvalue weighted by Gasteiger charge is -2.25. The molecule has 1 unspecified atom stereocenters. The van der Waals surface area contributed by atoms with Crippen LogP contribution in [0.2, 0.25) is 5.02 Å². The molecule has 1 aliphatic heterocycles. The number of fused-ring (bicyclic) bond motifs is 1. The Morgan fingerprint density at radius 3 is 2.71 bits per heavy atom. The smallest absolute Gasteiger partial charge is 0.294 e. The van der Waals surface area contributed by atoms with Gasteiger partial charge in [-0.15, -0.1) is 0 Å². The van der Waals surface area contributed by atoms with Crippen LogP contribution in [0.3, 0.4) is 0 Å². The Morgan fingerprint density at radius 2 is 2.00 bits per heavy atom. The zero-order valence-corrected chi connectivity index (χ0v) is 18.4. The minimum atomic E-state index is -1.11. The normalized spacial score (nSPS) is 15.9. The van der Waals surface area contributed by atoms with Gasteiger partial charge in [0.25, 0.3) is 5.91 Å². The summed E-state index contributed by atoms with van der Waals surface area (Å²) in [5.41, 5.74) is 0.519. The molecule has 1 amide bonds. The summed E-state index contributed by atoms with van der Waals surface area (Å²) in [5, 5.41) is 11.7. The Labute approximate surface area is 197 Å². The quantitative estimate of drug-likeness (QED) is 0.385. The van der Waals surface area contributed by atoms with E-state index in [4.69, 9.17) is 20.8 Å². The third-order valence-electron chi connectivity index (χ3n) is 5.50. The molecule has 170 valence electrons. The van der Waals surface area contributed by atoms with Gasteiger partial charge in [0, 0.05) is 28.4 Å². The number of Topliss-reactive ketones (excluding diaryl/α,β-unsaturated/α-hetero) is 1. The van der Waals surface area contributed by atoms with Crippen LogP contribution in [0.4, 0.5) is 10.1 Å². The van der Waals surface area contributed by atoms with Gasteiger partial charge in [-0.3, -0.25) is 19.5 Å².